The molecule has 1 aromatic carbocycles. The van der Waals surface area contributed by atoms with Crippen LogP contribution in [-0.2, 0) is 6.42 Å². The lowest BCUT2D eigenvalue weighted by Crippen LogP contribution is -2.13. The Bertz CT molecular complexity index is 611. The van der Waals surface area contributed by atoms with Crippen molar-refractivity contribution in [1.82, 2.24) is 9.97 Å². The van der Waals surface area contributed by atoms with Gasteiger partial charge in [-0.15, -0.1) is 0 Å². The molecule has 0 aliphatic rings. The maximum Gasteiger partial charge on any atom is 0.222 e. The van der Waals surface area contributed by atoms with Gasteiger partial charge in [0.1, 0.15) is 18.2 Å². The summed E-state index contributed by atoms with van der Waals surface area (Å²) in [6.07, 6.45) is 4.70. The molecule has 2 rings (SSSR count). The zero-order chi connectivity index (χ0) is 15.1. The number of benzene rings is 1. The van der Waals surface area contributed by atoms with Crippen LogP contribution in [0.3, 0.4) is 0 Å². The molecule has 0 amide bonds. The first-order chi connectivity index (χ1) is 10.2. The second-order valence-corrected chi connectivity index (χ2v) is 4.54. The molecule has 3 N–H and O–H groups in total. The molecular formula is C16H20N4O. The number of nitrogen functional groups attached to an aromatic ring is 1. The molecule has 0 aliphatic carbocycles. The maximum atomic E-state index is 5.71. The van der Waals surface area contributed by atoms with E-state index in [0.29, 0.717) is 24.1 Å². The lowest BCUT2D eigenvalue weighted by molar-refractivity contribution is 0.344. The van der Waals surface area contributed by atoms with Crippen LogP contribution >= 0.6 is 0 Å². The Balaban J connectivity index is 2.04. The largest absolute Gasteiger partial charge is 0.473 e. The van der Waals surface area contributed by atoms with Crippen molar-refractivity contribution in [3.05, 3.63) is 53.4 Å². The first kappa shape index (κ1) is 15.0. The topological polar surface area (TPSA) is 73.1 Å². The number of nitrogens with two attached hydrogens (primary N) is 1. The van der Waals surface area contributed by atoms with Crippen LogP contribution < -0.4 is 16.0 Å². The second-order valence-electron chi connectivity index (χ2n) is 4.54. The van der Waals surface area contributed by atoms with E-state index in [2.05, 4.69) is 15.4 Å². The molecule has 0 saturated carbocycles. The molecule has 0 bridgehead atoms. The number of hydrogen-bond donors (Lipinski definition) is 2. The number of anilines is 1. The molecule has 21 heavy (non-hydrogen) atoms. The van der Waals surface area contributed by atoms with Gasteiger partial charge >= 0.3 is 0 Å². The van der Waals surface area contributed by atoms with Crippen LogP contribution in [0.15, 0.2) is 36.4 Å². The van der Waals surface area contributed by atoms with E-state index in [1.807, 2.05) is 56.3 Å². The molecule has 1 heterocycles. The van der Waals surface area contributed by atoms with Gasteiger partial charge in [-0.05, 0) is 18.6 Å². The summed E-state index contributed by atoms with van der Waals surface area (Å²) in [5.74, 6) is 7.33. The van der Waals surface area contributed by atoms with Gasteiger partial charge in [0.15, 0.2) is 0 Å². The molecule has 2 aromatic rings. The summed E-state index contributed by atoms with van der Waals surface area (Å²) in [5, 5.41) is 0. The Morgan fingerprint density at radius 1 is 1.24 bits per heavy atom. The summed E-state index contributed by atoms with van der Waals surface area (Å²) in [6, 6.07) is 10.1. The van der Waals surface area contributed by atoms with E-state index in [9.17, 15) is 0 Å². The standard InChI is InChI=1S/C16H20N4O/c1-3-14-18-15(20-17)12(2)16(19-14)21-11-7-10-13-8-5-4-6-9-13/h4-10H,3,11,17H2,1-2H3,(H,18,19,20)/b10-7+. The summed E-state index contributed by atoms with van der Waals surface area (Å²) in [7, 11) is 0. The van der Waals surface area contributed by atoms with Crippen molar-refractivity contribution in [2.24, 2.45) is 5.84 Å². The van der Waals surface area contributed by atoms with E-state index >= 15 is 0 Å². The Morgan fingerprint density at radius 2 is 2.00 bits per heavy atom. The monoisotopic (exact) mass is 284 g/mol. The molecule has 5 nitrogen and oxygen atoms in total. The van der Waals surface area contributed by atoms with E-state index < -0.39 is 0 Å². The van der Waals surface area contributed by atoms with Crippen LogP contribution in [-0.4, -0.2) is 16.6 Å². The van der Waals surface area contributed by atoms with Gasteiger partial charge in [0, 0.05) is 6.42 Å². The van der Waals surface area contributed by atoms with Crippen molar-refractivity contribution in [1.29, 1.82) is 0 Å². The average molecular weight is 284 g/mol. The molecule has 0 spiro atoms. The Kier molecular flexibility index (Phi) is 5.29. The van der Waals surface area contributed by atoms with Crippen molar-refractivity contribution in [3.63, 3.8) is 0 Å². The van der Waals surface area contributed by atoms with Crippen molar-refractivity contribution in [2.45, 2.75) is 20.3 Å². The van der Waals surface area contributed by atoms with Gasteiger partial charge in [0.2, 0.25) is 5.88 Å². The molecule has 0 atom stereocenters. The van der Waals surface area contributed by atoms with Crippen LogP contribution in [0.1, 0.15) is 23.9 Å². The van der Waals surface area contributed by atoms with Gasteiger partial charge < -0.3 is 10.2 Å². The van der Waals surface area contributed by atoms with E-state index in [0.717, 1.165) is 17.5 Å². The third kappa shape index (κ3) is 4.03. The predicted molar refractivity (Wildman–Crippen MR) is 84.9 cm³/mol. The number of hydrazine groups is 1. The molecule has 5 heteroatoms. The van der Waals surface area contributed by atoms with E-state index in [1.54, 1.807) is 0 Å². The molecule has 1 aromatic heterocycles. The van der Waals surface area contributed by atoms with Crippen LogP contribution in [0, 0.1) is 6.92 Å². The third-order valence-electron chi connectivity index (χ3n) is 3.03. The van der Waals surface area contributed by atoms with E-state index in [1.165, 1.54) is 0 Å². The lowest BCUT2D eigenvalue weighted by Gasteiger charge is -2.11. The Morgan fingerprint density at radius 3 is 2.67 bits per heavy atom. The lowest BCUT2D eigenvalue weighted by atomic mass is 10.2. The highest BCUT2D eigenvalue weighted by Gasteiger charge is 2.09. The highest BCUT2D eigenvalue weighted by Crippen LogP contribution is 2.21. The van der Waals surface area contributed by atoms with Crippen molar-refractivity contribution in [2.75, 3.05) is 12.0 Å². The van der Waals surface area contributed by atoms with Gasteiger partial charge in [0.05, 0.1) is 5.56 Å². The third-order valence-corrected chi connectivity index (χ3v) is 3.03. The minimum absolute atomic E-state index is 0.444. The van der Waals surface area contributed by atoms with Crippen molar-refractivity contribution < 1.29 is 4.74 Å². The number of aryl methyl sites for hydroxylation is 1. The van der Waals surface area contributed by atoms with E-state index in [-0.39, 0.29) is 0 Å². The minimum Gasteiger partial charge on any atom is -0.473 e. The number of nitrogens with one attached hydrogen (secondary N) is 1. The molecular weight excluding hydrogens is 264 g/mol. The number of nitrogens with zero attached hydrogens (tertiary/aromatic N) is 2. The van der Waals surface area contributed by atoms with Crippen molar-refractivity contribution >= 4 is 11.9 Å². The van der Waals surface area contributed by atoms with Crippen LogP contribution in [0.5, 0.6) is 5.88 Å². The fraction of sp³-hybridized carbons (Fsp3) is 0.250. The van der Waals surface area contributed by atoms with Crippen LogP contribution in [0.25, 0.3) is 6.08 Å². The number of rotatable bonds is 6. The normalized spacial score (nSPS) is 10.8. The molecule has 110 valence electrons. The van der Waals surface area contributed by atoms with Gasteiger partial charge in [0.25, 0.3) is 0 Å². The van der Waals surface area contributed by atoms with Gasteiger partial charge in [-0.1, -0.05) is 43.3 Å². The molecule has 0 saturated heterocycles. The second kappa shape index (κ2) is 7.40. The molecule has 0 fully saturated rings. The number of aromatic nitrogens is 2. The SMILES string of the molecule is CCc1nc(NN)c(C)c(OC/C=C/c2ccccc2)n1. The zero-order valence-corrected chi connectivity index (χ0v) is 12.3. The van der Waals surface area contributed by atoms with Gasteiger partial charge in [-0.2, -0.15) is 4.98 Å². The number of ether oxygens (including phenoxy) is 1. The summed E-state index contributed by atoms with van der Waals surface area (Å²) in [4.78, 5) is 8.68. The predicted octanol–water partition coefficient (Wildman–Crippen LogP) is 2.73. The fourth-order valence-electron chi connectivity index (χ4n) is 1.85. The smallest absolute Gasteiger partial charge is 0.222 e. The Labute approximate surface area is 124 Å². The highest BCUT2D eigenvalue weighted by molar-refractivity contribution is 5.49. The summed E-state index contributed by atoms with van der Waals surface area (Å²) >= 11 is 0. The molecule has 0 radical (unpaired) electrons. The van der Waals surface area contributed by atoms with Crippen molar-refractivity contribution in [3.8, 4) is 5.88 Å². The molecule has 0 aliphatic heterocycles. The minimum atomic E-state index is 0.444. The maximum absolute atomic E-state index is 5.71. The zero-order valence-electron chi connectivity index (χ0n) is 12.3. The van der Waals surface area contributed by atoms with Gasteiger partial charge in [-0.25, -0.2) is 10.8 Å². The van der Waals surface area contributed by atoms with Gasteiger partial charge in [-0.3, -0.25) is 0 Å². The van der Waals surface area contributed by atoms with Crippen LogP contribution in [0.2, 0.25) is 0 Å². The summed E-state index contributed by atoms with van der Waals surface area (Å²) < 4.78 is 5.71. The Hall–Kier alpha value is -2.40. The van der Waals surface area contributed by atoms with E-state index in [4.69, 9.17) is 10.6 Å². The number of hydrogen-bond acceptors (Lipinski definition) is 5. The quantitative estimate of drug-likeness (QED) is 0.630. The van der Waals surface area contributed by atoms with Crippen LogP contribution in [0.4, 0.5) is 5.82 Å². The average Bonchev–Trinajstić information content (AvgIpc) is 2.54. The summed E-state index contributed by atoms with van der Waals surface area (Å²) in [6.45, 7) is 4.31. The molecule has 0 unspecified atom stereocenters. The highest BCUT2D eigenvalue weighted by atomic mass is 16.5. The summed E-state index contributed by atoms with van der Waals surface area (Å²) in [5.41, 5.74) is 4.52. The fourth-order valence-corrected chi connectivity index (χ4v) is 1.85. The first-order valence-electron chi connectivity index (χ1n) is 6.93. The first-order valence-corrected chi connectivity index (χ1v) is 6.93.